The van der Waals surface area contributed by atoms with Crippen LogP contribution in [0.5, 0.6) is 11.5 Å². The van der Waals surface area contributed by atoms with E-state index in [2.05, 4.69) is 10.5 Å². The maximum atomic E-state index is 11.9. The maximum Gasteiger partial charge on any atom is 0.277 e. The Morgan fingerprint density at radius 3 is 2.25 bits per heavy atom. The first kappa shape index (κ1) is 20.6. The molecule has 0 aliphatic rings. The van der Waals surface area contributed by atoms with Crippen molar-refractivity contribution in [3.05, 3.63) is 79.4 Å². The van der Waals surface area contributed by atoms with Crippen molar-refractivity contribution in [3.8, 4) is 22.6 Å². The van der Waals surface area contributed by atoms with E-state index < -0.39 is 0 Å². The Bertz CT molecular complexity index is 967. The lowest BCUT2D eigenvalue weighted by Crippen LogP contribution is -2.24. The minimum atomic E-state index is -0.355. The molecule has 0 aliphatic heterocycles. The van der Waals surface area contributed by atoms with Gasteiger partial charge in [-0.3, -0.25) is 4.79 Å². The molecule has 0 unspecified atom stereocenters. The van der Waals surface area contributed by atoms with E-state index in [4.69, 9.17) is 4.74 Å². The Morgan fingerprint density at radius 2 is 1.61 bits per heavy atom. The van der Waals surface area contributed by atoms with Crippen LogP contribution in [0.4, 0.5) is 0 Å². The molecule has 142 valence electrons. The molecule has 2 N–H and O–H groups in total. The molecule has 1 amide bonds. The molecule has 0 aromatic heterocycles. The van der Waals surface area contributed by atoms with Crippen LogP contribution in [-0.2, 0) is 4.79 Å². The van der Waals surface area contributed by atoms with Crippen LogP contribution in [0.25, 0.3) is 11.1 Å². The van der Waals surface area contributed by atoms with Gasteiger partial charge >= 0.3 is 0 Å². The van der Waals surface area contributed by atoms with Gasteiger partial charge < -0.3 is 9.84 Å². The molecule has 5 nitrogen and oxygen atoms in total. The molecule has 0 aliphatic carbocycles. The second-order valence-corrected chi connectivity index (χ2v) is 8.13. The third-order valence-electron chi connectivity index (χ3n) is 3.77. The van der Waals surface area contributed by atoms with Crippen molar-refractivity contribution < 1.29 is 14.6 Å². The van der Waals surface area contributed by atoms with Gasteiger partial charge in [-0.05, 0) is 86.1 Å². The Kier molecular flexibility index (Phi) is 7.26. The number of nitrogens with one attached hydrogen (secondary N) is 1. The summed E-state index contributed by atoms with van der Waals surface area (Å²) in [7, 11) is 0. The SMILES string of the molecule is O=C(COc1ccc(-c2ccccc2)cc1)NN=Cc1cc(I)c(O)c(I)c1. The van der Waals surface area contributed by atoms with E-state index in [1.54, 1.807) is 12.1 Å². The molecule has 0 saturated heterocycles. The van der Waals surface area contributed by atoms with Crippen LogP contribution in [0, 0.1) is 7.14 Å². The topological polar surface area (TPSA) is 70.9 Å². The summed E-state index contributed by atoms with van der Waals surface area (Å²) in [6.45, 7) is -0.132. The first-order valence-electron chi connectivity index (χ1n) is 8.31. The number of carbonyl (C=O) groups is 1. The predicted octanol–water partition coefficient (Wildman–Crippen LogP) is 4.80. The standard InChI is InChI=1S/C21H16I2N2O3/c22-18-10-14(11-19(23)21(18)27)12-24-25-20(26)13-28-17-8-6-16(7-9-17)15-4-2-1-3-5-15/h1-12,27H,13H2,(H,25,26). The second-order valence-electron chi connectivity index (χ2n) is 5.81. The number of aromatic hydroxyl groups is 1. The summed E-state index contributed by atoms with van der Waals surface area (Å²) in [4.78, 5) is 11.9. The molecule has 3 aromatic carbocycles. The molecule has 28 heavy (non-hydrogen) atoms. The monoisotopic (exact) mass is 598 g/mol. The average molecular weight is 598 g/mol. The van der Waals surface area contributed by atoms with E-state index in [1.165, 1.54) is 6.21 Å². The summed E-state index contributed by atoms with van der Waals surface area (Å²) in [5, 5.41) is 13.7. The molecule has 7 heteroatoms. The van der Waals surface area contributed by atoms with E-state index in [0.29, 0.717) is 5.75 Å². The molecule has 3 rings (SSSR count). The lowest BCUT2D eigenvalue weighted by atomic mass is 10.1. The number of rotatable bonds is 6. The first-order chi connectivity index (χ1) is 13.5. The fourth-order valence-corrected chi connectivity index (χ4v) is 4.21. The van der Waals surface area contributed by atoms with Crippen molar-refractivity contribution in [3.63, 3.8) is 0 Å². The smallest absolute Gasteiger partial charge is 0.277 e. The molecule has 0 saturated carbocycles. The normalized spacial score (nSPS) is 10.8. The predicted molar refractivity (Wildman–Crippen MR) is 127 cm³/mol. The van der Waals surface area contributed by atoms with Crippen molar-refractivity contribution in [2.24, 2.45) is 5.10 Å². The Balaban J connectivity index is 1.50. The maximum absolute atomic E-state index is 11.9. The molecular formula is C21H16I2N2O3. The molecule has 0 radical (unpaired) electrons. The van der Waals surface area contributed by atoms with Gasteiger partial charge in [0.25, 0.3) is 5.91 Å². The zero-order chi connectivity index (χ0) is 19.9. The molecular weight excluding hydrogens is 582 g/mol. The number of amides is 1. The number of nitrogens with zero attached hydrogens (tertiary/aromatic N) is 1. The number of halogens is 2. The van der Waals surface area contributed by atoms with Crippen LogP contribution in [0.2, 0.25) is 0 Å². The first-order valence-corrected chi connectivity index (χ1v) is 10.5. The number of hydrogen-bond acceptors (Lipinski definition) is 4. The zero-order valence-electron chi connectivity index (χ0n) is 14.6. The van der Waals surface area contributed by atoms with E-state index in [-0.39, 0.29) is 18.3 Å². The Morgan fingerprint density at radius 1 is 1.00 bits per heavy atom. The molecule has 0 bridgehead atoms. The summed E-state index contributed by atoms with van der Waals surface area (Å²) >= 11 is 4.09. The quantitative estimate of drug-likeness (QED) is 0.244. The largest absolute Gasteiger partial charge is 0.506 e. The van der Waals surface area contributed by atoms with E-state index in [9.17, 15) is 9.90 Å². The number of carbonyl (C=O) groups excluding carboxylic acids is 1. The highest BCUT2D eigenvalue weighted by molar-refractivity contribution is 14.1. The van der Waals surface area contributed by atoms with Crippen LogP contribution >= 0.6 is 45.2 Å². The van der Waals surface area contributed by atoms with Crippen LogP contribution in [-0.4, -0.2) is 23.8 Å². The van der Waals surface area contributed by atoms with Gasteiger partial charge in [-0.25, -0.2) is 5.43 Å². The van der Waals surface area contributed by atoms with Gasteiger partial charge in [0.05, 0.1) is 13.4 Å². The average Bonchev–Trinajstić information content (AvgIpc) is 2.71. The zero-order valence-corrected chi connectivity index (χ0v) is 18.9. The third-order valence-corrected chi connectivity index (χ3v) is 5.42. The number of hydrazone groups is 1. The summed E-state index contributed by atoms with van der Waals surface area (Å²) in [5.41, 5.74) is 5.42. The highest BCUT2D eigenvalue weighted by atomic mass is 127. The van der Waals surface area contributed by atoms with Crippen LogP contribution in [0.15, 0.2) is 71.8 Å². The molecule has 3 aromatic rings. The minimum Gasteiger partial charge on any atom is -0.506 e. The van der Waals surface area contributed by atoms with Crippen molar-refractivity contribution >= 4 is 57.3 Å². The lowest BCUT2D eigenvalue weighted by Gasteiger charge is -2.07. The van der Waals surface area contributed by atoms with Gasteiger partial charge in [-0.1, -0.05) is 42.5 Å². The van der Waals surface area contributed by atoms with Gasteiger partial charge in [0.1, 0.15) is 11.5 Å². The lowest BCUT2D eigenvalue weighted by molar-refractivity contribution is -0.123. The number of phenols is 1. The molecule has 0 atom stereocenters. The van der Waals surface area contributed by atoms with Gasteiger partial charge in [0.15, 0.2) is 6.61 Å². The second kappa shape index (κ2) is 9.87. The summed E-state index contributed by atoms with van der Waals surface area (Å²) in [5.74, 6) is 0.502. The fraction of sp³-hybridized carbons (Fsp3) is 0.0476. The van der Waals surface area contributed by atoms with Crippen molar-refractivity contribution in [1.82, 2.24) is 5.43 Å². The molecule has 0 heterocycles. The summed E-state index contributed by atoms with van der Waals surface area (Å²) in [6.07, 6.45) is 1.52. The highest BCUT2D eigenvalue weighted by Crippen LogP contribution is 2.26. The van der Waals surface area contributed by atoms with E-state index in [0.717, 1.165) is 23.8 Å². The highest BCUT2D eigenvalue weighted by Gasteiger charge is 2.05. The number of phenolic OH excluding ortho intramolecular Hbond substituents is 1. The van der Waals surface area contributed by atoms with Crippen molar-refractivity contribution in [1.29, 1.82) is 0 Å². The van der Waals surface area contributed by atoms with Gasteiger partial charge in [-0.2, -0.15) is 5.10 Å². The Hall–Kier alpha value is -2.14. The summed E-state index contributed by atoms with van der Waals surface area (Å²) < 4.78 is 6.94. The van der Waals surface area contributed by atoms with Gasteiger partial charge in [-0.15, -0.1) is 0 Å². The third kappa shape index (κ3) is 5.68. The molecule has 0 spiro atoms. The summed E-state index contributed by atoms with van der Waals surface area (Å²) in [6, 6.07) is 21.2. The van der Waals surface area contributed by atoms with Crippen LogP contribution in [0.3, 0.4) is 0 Å². The van der Waals surface area contributed by atoms with Gasteiger partial charge in [0.2, 0.25) is 0 Å². The Labute approximate surface area is 190 Å². The minimum absolute atomic E-state index is 0.132. The fourth-order valence-electron chi connectivity index (χ4n) is 2.39. The van der Waals surface area contributed by atoms with Crippen molar-refractivity contribution in [2.45, 2.75) is 0 Å². The number of benzene rings is 3. The van der Waals surface area contributed by atoms with E-state index in [1.807, 2.05) is 99.8 Å². The van der Waals surface area contributed by atoms with Crippen LogP contribution < -0.4 is 10.2 Å². The van der Waals surface area contributed by atoms with Gasteiger partial charge in [0, 0.05) is 0 Å². The van der Waals surface area contributed by atoms with Crippen LogP contribution in [0.1, 0.15) is 5.56 Å². The van der Waals surface area contributed by atoms with Crippen molar-refractivity contribution in [2.75, 3.05) is 6.61 Å². The van der Waals surface area contributed by atoms with E-state index >= 15 is 0 Å². The number of ether oxygens (including phenoxy) is 1. The molecule has 0 fully saturated rings. The number of hydrogen-bond donors (Lipinski definition) is 2.